The number of carboxylic acids is 1. The van der Waals surface area contributed by atoms with Gasteiger partial charge in [0, 0.05) is 13.6 Å². The Bertz CT molecular complexity index is 677. The maximum absolute atomic E-state index is 12.4. The number of thiazole rings is 1. The van der Waals surface area contributed by atoms with Crippen molar-refractivity contribution in [2.75, 3.05) is 7.05 Å². The van der Waals surface area contributed by atoms with Gasteiger partial charge in [-0.3, -0.25) is 4.79 Å². The number of nitrogens with zero attached hydrogens (tertiary/aromatic N) is 2. The number of aromatic carboxylic acids is 1. The molecule has 0 radical (unpaired) electrons. The molecule has 1 aromatic carbocycles. The molecule has 2 aromatic rings. The normalized spacial score (nSPS) is 10.4. The summed E-state index contributed by atoms with van der Waals surface area (Å²) in [4.78, 5) is 29.7. The fraction of sp³-hybridized carbons (Fsp3) is 0.267. The van der Waals surface area contributed by atoms with Gasteiger partial charge in [-0.2, -0.15) is 0 Å². The predicted octanol–water partition coefficient (Wildman–Crippen LogP) is 2.73. The molecule has 2 rings (SSSR count). The van der Waals surface area contributed by atoms with Gasteiger partial charge in [-0.15, -0.1) is 11.3 Å². The number of amides is 1. The lowest BCUT2D eigenvalue weighted by Gasteiger charge is -2.16. The van der Waals surface area contributed by atoms with Gasteiger partial charge < -0.3 is 10.0 Å². The van der Waals surface area contributed by atoms with Crippen LogP contribution in [0.3, 0.4) is 0 Å². The average Bonchev–Trinajstić information content (AvgIpc) is 2.77. The van der Waals surface area contributed by atoms with Crippen LogP contribution in [0.4, 0.5) is 0 Å². The minimum absolute atomic E-state index is 0.0691. The Morgan fingerprint density at radius 1 is 1.24 bits per heavy atom. The second kappa shape index (κ2) is 6.05. The summed E-state index contributed by atoms with van der Waals surface area (Å²) in [6, 6.07) is 6.52. The Balaban J connectivity index is 2.10. The van der Waals surface area contributed by atoms with Crippen LogP contribution in [-0.4, -0.2) is 33.9 Å². The third kappa shape index (κ3) is 3.46. The summed E-state index contributed by atoms with van der Waals surface area (Å²) < 4.78 is 0. The molecule has 0 saturated heterocycles. The number of aromatic nitrogens is 1. The van der Waals surface area contributed by atoms with Crippen LogP contribution < -0.4 is 0 Å². The zero-order valence-corrected chi connectivity index (χ0v) is 12.9. The molecule has 0 unspecified atom stereocenters. The highest BCUT2D eigenvalue weighted by Crippen LogP contribution is 2.19. The van der Waals surface area contributed by atoms with E-state index in [1.165, 1.54) is 23.5 Å². The first-order chi connectivity index (χ1) is 9.88. The van der Waals surface area contributed by atoms with Crippen molar-refractivity contribution in [3.8, 4) is 0 Å². The van der Waals surface area contributed by atoms with E-state index in [2.05, 4.69) is 4.98 Å². The van der Waals surface area contributed by atoms with Gasteiger partial charge in [-0.05, 0) is 31.5 Å². The highest BCUT2D eigenvalue weighted by Gasteiger charge is 2.18. The minimum Gasteiger partial charge on any atom is -0.478 e. The van der Waals surface area contributed by atoms with Crippen LogP contribution in [0, 0.1) is 13.8 Å². The molecule has 0 atom stereocenters. The highest BCUT2D eigenvalue weighted by molar-refractivity contribution is 7.13. The van der Waals surface area contributed by atoms with Gasteiger partial charge in [0.1, 0.15) is 4.88 Å². The van der Waals surface area contributed by atoms with E-state index in [0.717, 1.165) is 16.3 Å². The summed E-state index contributed by atoms with van der Waals surface area (Å²) in [5.74, 6) is -1.03. The lowest BCUT2D eigenvalue weighted by atomic mass is 10.1. The van der Waals surface area contributed by atoms with Crippen molar-refractivity contribution in [2.24, 2.45) is 0 Å². The van der Waals surface area contributed by atoms with Crippen LogP contribution in [0.2, 0.25) is 0 Å². The van der Waals surface area contributed by atoms with Gasteiger partial charge in [-0.1, -0.05) is 12.1 Å². The third-order valence-electron chi connectivity index (χ3n) is 3.07. The van der Waals surface area contributed by atoms with Crippen molar-refractivity contribution in [3.63, 3.8) is 0 Å². The monoisotopic (exact) mass is 304 g/mol. The van der Waals surface area contributed by atoms with E-state index in [-0.39, 0.29) is 11.5 Å². The van der Waals surface area contributed by atoms with Crippen molar-refractivity contribution in [2.45, 2.75) is 20.4 Å². The molecule has 6 heteroatoms. The van der Waals surface area contributed by atoms with Crippen LogP contribution >= 0.6 is 11.3 Å². The van der Waals surface area contributed by atoms with E-state index in [4.69, 9.17) is 5.11 Å². The summed E-state index contributed by atoms with van der Waals surface area (Å²) in [6.07, 6.45) is 0. The quantitative estimate of drug-likeness (QED) is 0.943. The molecule has 1 heterocycles. The molecule has 21 heavy (non-hydrogen) atoms. The van der Waals surface area contributed by atoms with E-state index >= 15 is 0 Å². The minimum atomic E-state index is -0.957. The van der Waals surface area contributed by atoms with Gasteiger partial charge in [0.15, 0.2) is 0 Å². The van der Waals surface area contributed by atoms with E-state index in [9.17, 15) is 9.59 Å². The number of rotatable bonds is 4. The molecule has 0 fully saturated rings. The summed E-state index contributed by atoms with van der Waals surface area (Å²) in [7, 11) is 1.72. The first-order valence-corrected chi connectivity index (χ1v) is 7.22. The second-order valence-electron chi connectivity index (χ2n) is 4.81. The summed E-state index contributed by atoms with van der Waals surface area (Å²) in [5.41, 5.74) is 1.87. The first kappa shape index (κ1) is 15.2. The van der Waals surface area contributed by atoms with Crippen LogP contribution in [0.1, 0.15) is 36.3 Å². The summed E-state index contributed by atoms with van der Waals surface area (Å²) >= 11 is 1.39. The van der Waals surface area contributed by atoms with E-state index in [1.807, 2.05) is 13.8 Å². The van der Waals surface area contributed by atoms with Gasteiger partial charge >= 0.3 is 5.97 Å². The van der Waals surface area contributed by atoms with E-state index < -0.39 is 5.97 Å². The maximum atomic E-state index is 12.4. The van der Waals surface area contributed by atoms with Gasteiger partial charge in [0.25, 0.3) is 5.91 Å². The molecular formula is C15H16N2O3S. The van der Waals surface area contributed by atoms with Gasteiger partial charge in [-0.25, -0.2) is 9.78 Å². The lowest BCUT2D eigenvalue weighted by molar-refractivity contribution is 0.0695. The Hall–Kier alpha value is -2.21. The number of hydrogen-bond acceptors (Lipinski definition) is 4. The largest absolute Gasteiger partial charge is 0.478 e. The lowest BCUT2D eigenvalue weighted by Crippen LogP contribution is -2.26. The number of carboxylic acid groups (broad SMARTS) is 1. The topological polar surface area (TPSA) is 70.5 Å². The number of hydrogen-bond donors (Lipinski definition) is 1. The summed E-state index contributed by atoms with van der Waals surface area (Å²) in [5, 5.41) is 9.73. The molecule has 0 spiro atoms. The van der Waals surface area contributed by atoms with Gasteiger partial charge in [0.05, 0.1) is 16.3 Å². The molecule has 110 valence electrons. The molecule has 1 N–H and O–H groups in total. The van der Waals surface area contributed by atoms with Crippen molar-refractivity contribution < 1.29 is 14.7 Å². The Kier molecular flexibility index (Phi) is 4.37. The summed E-state index contributed by atoms with van der Waals surface area (Å²) in [6.45, 7) is 4.13. The smallest absolute Gasteiger partial charge is 0.335 e. The standard InChI is InChI=1S/C15H16N2O3S/c1-9-13(21-10(2)16-9)14(18)17(3)8-11-4-6-12(7-5-11)15(19)20/h4-7H,8H2,1-3H3,(H,19,20). The first-order valence-electron chi connectivity index (χ1n) is 6.40. The fourth-order valence-corrected chi connectivity index (χ4v) is 2.92. The van der Waals surface area contributed by atoms with Gasteiger partial charge in [0.2, 0.25) is 0 Å². The van der Waals surface area contributed by atoms with Crippen LogP contribution in [0.25, 0.3) is 0 Å². The molecule has 0 aliphatic carbocycles. The van der Waals surface area contributed by atoms with Crippen molar-refractivity contribution >= 4 is 23.2 Å². The van der Waals surface area contributed by atoms with Crippen LogP contribution in [-0.2, 0) is 6.54 Å². The Labute approximate surface area is 126 Å². The van der Waals surface area contributed by atoms with Crippen molar-refractivity contribution in [1.82, 2.24) is 9.88 Å². The maximum Gasteiger partial charge on any atom is 0.335 e. The molecule has 0 bridgehead atoms. The average molecular weight is 304 g/mol. The number of benzene rings is 1. The van der Waals surface area contributed by atoms with Crippen molar-refractivity contribution in [1.29, 1.82) is 0 Å². The Morgan fingerprint density at radius 3 is 2.33 bits per heavy atom. The van der Waals surface area contributed by atoms with Crippen LogP contribution in [0.15, 0.2) is 24.3 Å². The molecule has 5 nitrogen and oxygen atoms in total. The van der Waals surface area contributed by atoms with E-state index in [1.54, 1.807) is 24.1 Å². The van der Waals surface area contributed by atoms with E-state index in [0.29, 0.717) is 11.4 Å². The molecule has 0 aliphatic heterocycles. The van der Waals surface area contributed by atoms with Crippen molar-refractivity contribution in [3.05, 3.63) is 51.0 Å². The molecular weight excluding hydrogens is 288 g/mol. The zero-order valence-electron chi connectivity index (χ0n) is 12.1. The van der Waals surface area contributed by atoms with Crippen LogP contribution in [0.5, 0.6) is 0 Å². The SMILES string of the molecule is Cc1nc(C)c(C(=O)N(C)Cc2ccc(C(=O)O)cc2)s1. The fourth-order valence-electron chi connectivity index (χ4n) is 2.00. The zero-order chi connectivity index (χ0) is 15.6. The third-order valence-corrected chi connectivity index (χ3v) is 4.13. The predicted molar refractivity (Wildman–Crippen MR) is 80.8 cm³/mol. The highest BCUT2D eigenvalue weighted by atomic mass is 32.1. The number of carbonyl (C=O) groups excluding carboxylic acids is 1. The molecule has 1 amide bonds. The number of aryl methyl sites for hydroxylation is 2. The molecule has 1 aromatic heterocycles. The Morgan fingerprint density at radius 2 is 1.86 bits per heavy atom. The molecule has 0 saturated carbocycles. The molecule has 0 aliphatic rings. The number of carbonyl (C=O) groups is 2. The second-order valence-corrected chi connectivity index (χ2v) is 6.01.